The summed E-state index contributed by atoms with van der Waals surface area (Å²) in [6.45, 7) is 1.95. The molecule has 164 valence electrons. The monoisotopic (exact) mass is 446 g/mol. The van der Waals surface area contributed by atoms with Crippen LogP contribution >= 0.6 is 11.6 Å². The van der Waals surface area contributed by atoms with Crippen LogP contribution in [0.1, 0.15) is 55.7 Å². The van der Waals surface area contributed by atoms with Gasteiger partial charge in [0, 0.05) is 23.1 Å². The molecule has 32 heavy (non-hydrogen) atoms. The molecule has 1 saturated carbocycles. The molecule has 2 spiro atoms. The van der Waals surface area contributed by atoms with E-state index in [0.717, 1.165) is 60.9 Å². The lowest BCUT2D eigenvalue weighted by Crippen LogP contribution is -2.49. The Morgan fingerprint density at radius 2 is 1.88 bits per heavy atom. The molecule has 1 fully saturated rings. The lowest BCUT2D eigenvalue weighted by molar-refractivity contribution is -0.0180. The summed E-state index contributed by atoms with van der Waals surface area (Å²) in [5.74, 6) is 0.533. The summed E-state index contributed by atoms with van der Waals surface area (Å²) in [7, 11) is 1.80. The van der Waals surface area contributed by atoms with E-state index in [1.165, 1.54) is 5.56 Å². The van der Waals surface area contributed by atoms with Crippen LogP contribution in [0.3, 0.4) is 0 Å². The minimum absolute atomic E-state index is 0.0673. The molecular formula is C26H27ClN4O. The first-order valence-corrected chi connectivity index (χ1v) is 11.6. The van der Waals surface area contributed by atoms with Crippen LogP contribution in [-0.4, -0.2) is 24.8 Å². The van der Waals surface area contributed by atoms with Gasteiger partial charge < -0.3 is 10.5 Å². The number of halogens is 1. The van der Waals surface area contributed by atoms with Gasteiger partial charge in [-0.05, 0) is 86.4 Å². The number of rotatable bonds is 2. The number of methoxy groups -OCH3 is 1. The number of ether oxygens (including phenoxy) is 1. The van der Waals surface area contributed by atoms with Crippen molar-refractivity contribution in [3.63, 3.8) is 0 Å². The molecule has 5 nitrogen and oxygen atoms in total. The average Bonchev–Trinajstić information content (AvgIpc) is 3.12. The highest BCUT2D eigenvalue weighted by molar-refractivity contribution is 6.41. The maximum Gasteiger partial charge on any atom is 0.184 e. The first kappa shape index (κ1) is 21.2. The van der Waals surface area contributed by atoms with Gasteiger partial charge in [-0.2, -0.15) is 5.26 Å². The summed E-state index contributed by atoms with van der Waals surface area (Å²) in [5, 5.41) is 9.94. The second-order valence-corrected chi connectivity index (χ2v) is 9.73. The predicted molar refractivity (Wildman–Crippen MR) is 128 cm³/mol. The Kier molecular flexibility index (Phi) is 5.11. The maximum atomic E-state index is 9.39. The zero-order valence-electron chi connectivity index (χ0n) is 18.5. The van der Waals surface area contributed by atoms with E-state index < -0.39 is 5.66 Å². The third-order valence-corrected chi connectivity index (χ3v) is 7.88. The van der Waals surface area contributed by atoms with Crippen LogP contribution in [0, 0.1) is 16.7 Å². The molecule has 2 aromatic carbocycles. The minimum atomic E-state index is -0.694. The van der Waals surface area contributed by atoms with Crippen LogP contribution in [0.25, 0.3) is 11.1 Å². The standard InChI is InChI=1S/C26H27ClN4O/c1-16-24(29)31-26(30-16)23-14-19(20-11-17(15-28)12-21(27)13-20)4-3-18(23)5-8-25(26)9-6-22(32-2)7-10-25/h3-4,11-14,22H,5-10H2,1-2H3,(H2,29,31)/t22-,25-,26?. The topological polar surface area (TPSA) is 83.8 Å². The van der Waals surface area contributed by atoms with Gasteiger partial charge in [-0.3, -0.25) is 4.99 Å². The van der Waals surface area contributed by atoms with Gasteiger partial charge in [-0.15, -0.1) is 0 Å². The molecule has 1 unspecified atom stereocenters. The molecule has 2 N–H and O–H groups in total. The smallest absolute Gasteiger partial charge is 0.184 e. The molecule has 2 aromatic rings. The highest BCUT2D eigenvalue weighted by atomic mass is 35.5. The Labute approximate surface area is 194 Å². The third-order valence-electron chi connectivity index (χ3n) is 7.66. The molecule has 0 saturated heterocycles. The number of nitrogens with zero attached hydrogens (tertiary/aromatic N) is 3. The van der Waals surface area contributed by atoms with Gasteiger partial charge >= 0.3 is 0 Å². The fraction of sp³-hybridized carbons (Fsp3) is 0.423. The van der Waals surface area contributed by atoms with Crippen molar-refractivity contribution in [2.75, 3.05) is 7.11 Å². The molecule has 1 aliphatic heterocycles. The maximum absolute atomic E-state index is 9.39. The molecule has 1 atom stereocenters. The van der Waals surface area contributed by atoms with Crippen molar-refractivity contribution in [1.29, 1.82) is 5.26 Å². The first-order chi connectivity index (χ1) is 15.4. The van der Waals surface area contributed by atoms with E-state index in [-0.39, 0.29) is 5.41 Å². The Hall–Kier alpha value is -2.68. The molecule has 6 heteroatoms. The van der Waals surface area contributed by atoms with Crippen molar-refractivity contribution < 1.29 is 4.74 Å². The van der Waals surface area contributed by atoms with Crippen molar-refractivity contribution in [2.45, 2.75) is 57.2 Å². The SMILES string of the molecule is CO[C@H]1CC[C@@]2(CCc3ccc(-c4cc(Cl)cc(C#N)c4)cc3C23N=C(C)C(N)=N3)CC1. The molecule has 0 radical (unpaired) electrons. The fourth-order valence-electron chi connectivity index (χ4n) is 5.87. The van der Waals surface area contributed by atoms with Crippen molar-refractivity contribution in [3.05, 3.63) is 58.1 Å². The van der Waals surface area contributed by atoms with Crippen LogP contribution < -0.4 is 5.73 Å². The van der Waals surface area contributed by atoms with E-state index in [0.29, 0.717) is 22.5 Å². The minimum Gasteiger partial charge on any atom is -0.382 e. The summed E-state index contributed by atoms with van der Waals surface area (Å²) in [4.78, 5) is 10.3. The average molecular weight is 447 g/mol. The second kappa shape index (κ2) is 7.72. The summed E-state index contributed by atoms with van der Waals surface area (Å²) in [5.41, 5.74) is 11.3. The van der Waals surface area contributed by atoms with Crippen molar-refractivity contribution >= 4 is 23.1 Å². The summed E-state index contributed by atoms with van der Waals surface area (Å²) in [6, 6.07) is 14.2. The molecule has 0 bridgehead atoms. The van der Waals surface area contributed by atoms with Gasteiger partial charge in [0.15, 0.2) is 5.66 Å². The van der Waals surface area contributed by atoms with Gasteiger partial charge in [-0.1, -0.05) is 23.7 Å². The fourth-order valence-corrected chi connectivity index (χ4v) is 6.10. The van der Waals surface area contributed by atoms with Crippen LogP contribution in [0.4, 0.5) is 0 Å². The largest absolute Gasteiger partial charge is 0.382 e. The number of nitrogens with two attached hydrogens (primary N) is 1. The normalized spacial score (nSPS) is 28.9. The number of hydrogen-bond donors (Lipinski definition) is 1. The zero-order chi connectivity index (χ0) is 22.5. The van der Waals surface area contributed by atoms with Crippen molar-refractivity contribution in [1.82, 2.24) is 0 Å². The Bertz CT molecular complexity index is 1170. The number of nitriles is 1. The quantitative estimate of drug-likeness (QED) is 0.671. The molecule has 5 rings (SSSR count). The highest BCUT2D eigenvalue weighted by Crippen LogP contribution is 2.60. The summed E-state index contributed by atoms with van der Waals surface area (Å²) < 4.78 is 5.66. The predicted octanol–water partition coefficient (Wildman–Crippen LogP) is 5.38. The van der Waals surface area contributed by atoms with Gasteiger partial charge in [0.25, 0.3) is 0 Å². The van der Waals surface area contributed by atoms with Crippen LogP contribution in [0.5, 0.6) is 0 Å². The van der Waals surface area contributed by atoms with Gasteiger partial charge in [-0.25, -0.2) is 4.99 Å². The molecule has 0 aromatic heterocycles. The second-order valence-electron chi connectivity index (χ2n) is 9.29. The van der Waals surface area contributed by atoms with E-state index >= 15 is 0 Å². The Balaban J connectivity index is 1.68. The van der Waals surface area contributed by atoms with Gasteiger partial charge in [0.2, 0.25) is 0 Å². The molecule has 0 amide bonds. The van der Waals surface area contributed by atoms with Crippen molar-refractivity contribution in [3.8, 4) is 17.2 Å². The summed E-state index contributed by atoms with van der Waals surface area (Å²) in [6.07, 6.45) is 6.39. The van der Waals surface area contributed by atoms with E-state index in [4.69, 9.17) is 32.1 Å². The van der Waals surface area contributed by atoms with Crippen LogP contribution in [-0.2, 0) is 16.8 Å². The number of hydrogen-bond acceptors (Lipinski definition) is 5. The molecule has 1 heterocycles. The number of benzene rings is 2. The first-order valence-electron chi connectivity index (χ1n) is 11.2. The number of fused-ring (bicyclic) bond motifs is 3. The Morgan fingerprint density at radius 1 is 1.09 bits per heavy atom. The highest BCUT2D eigenvalue weighted by Gasteiger charge is 2.58. The van der Waals surface area contributed by atoms with E-state index in [9.17, 15) is 5.26 Å². The molecular weight excluding hydrogens is 420 g/mol. The lowest BCUT2D eigenvalue weighted by Gasteiger charge is -2.52. The lowest BCUT2D eigenvalue weighted by atomic mass is 9.57. The van der Waals surface area contributed by atoms with Gasteiger partial charge in [0.1, 0.15) is 5.84 Å². The molecule has 3 aliphatic rings. The van der Waals surface area contributed by atoms with Crippen LogP contribution in [0.2, 0.25) is 5.02 Å². The third kappa shape index (κ3) is 3.17. The number of aryl methyl sites for hydroxylation is 1. The molecule has 2 aliphatic carbocycles. The number of amidine groups is 1. The summed E-state index contributed by atoms with van der Waals surface area (Å²) >= 11 is 6.30. The van der Waals surface area contributed by atoms with E-state index in [1.807, 2.05) is 19.1 Å². The Morgan fingerprint density at radius 3 is 2.53 bits per heavy atom. The van der Waals surface area contributed by atoms with E-state index in [2.05, 4.69) is 24.3 Å². The van der Waals surface area contributed by atoms with E-state index in [1.54, 1.807) is 13.2 Å². The van der Waals surface area contributed by atoms with Gasteiger partial charge in [0.05, 0.1) is 23.4 Å². The van der Waals surface area contributed by atoms with Crippen molar-refractivity contribution in [2.24, 2.45) is 21.1 Å². The zero-order valence-corrected chi connectivity index (χ0v) is 19.2. The number of aliphatic imine (C=N–C) groups is 2. The van der Waals surface area contributed by atoms with Crippen LogP contribution in [0.15, 0.2) is 46.4 Å².